The first kappa shape index (κ1) is 11.2. The third-order valence-electron chi connectivity index (χ3n) is 1.68. The monoisotopic (exact) mass is 214 g/mol. The van der Waals surface area contributed by atoms with Crippen molar-refractivity contribution in [1.29, 1.82) is 0 Å². The molecule has 0 unspecified atom stereocenters. The van der Waals surface area contributed by atoms with E-state index < -0.39 is 0 Å². The quantitative estimate of drug-likeness (QED) is 0.750. The molecule has 1 heterocycles. The molecule has 1 aromatic rings. The van der Waals surface area contributed by atoms with Crippen LogP contribution in [-0.4, -0.2) is 21.7 Å². The minimum absolute atomic E-state index is 0.0895. The lowest BCUT2D eigenvalue weighted by atomic mass is 10.4. The summed E-state index contributed by atoms with van der Waals surface area (Å²) in [5.41, 5.74) is 0. The van der Waals surface area contributed by atoms with Crippen molar-refractivity contribution in [3.63, 3.8) is 0 Å². The molecule has 1 rings (SSSR count). The number of carbonyl (C=O) groups excluding carboxylic acids is 1. The molecule has 5 heteroatoms. The zero-order valence-corrected chi connectivity index (χ0v) is 9.43. The summed E-state index contributed by atoms with van der Waals surface area (Å²) in [5.74, 6) is 1.98. The topological polar surface area (TPSA) is 56.0 Å². The van der Waals surface area contributed by atoms with Crippen LogP contribution >= 0.6 is 11.8 Å². The molecule has 0 aliphatic carbocycles. The number of carbonyl (C=O) groups is 1. The number of hydrogen-bond donors (Lipinski definition) is 0. The van der Waals surface area contributed by atoms with Gasteiger partial charge in [-0.3, -0.25) is 4.79 Å². The van der Waals surface area contributed by atoms with E-state index in [1.54, 1.807) is 6.92 Å². The second-order valence-corrected chi connectivity index (χ2v) is 4.39. The number of aromatic nitrogens is 2. The lowest BCUT2D eigenvalue weighted by Gasteiger charge is -2.02. The van der Waals surface area contributed by atoms with E-state index in [0.717, 1.165) is 12.2 Å². The van der Waals surface area contributed by atoms with E-state index >= 15 is 0 Å². The van der Waals surface area contributed by atoms with Gasteiger partial charge in [-0.2, -0.15) is 4.98 Å². The Labute approximate surface area is 87.5 Å². The summed E-state index contributed by atoms with van der Waals surface area (Å²) < 4.78 is 5.06. The molecule has 0 aliphatic heterocycles. The Morgan fingerprint density at radius 2 is 2.36 bits per heavy atom. The van der Waals surface area contributed by atoms with Crippen LogP contribution in [0.4, 0.5) is 0 Å². The number of nitrogens with zero attached hydrogens (tertiary/aromatic N) is 2. The molecule has 0 aliphatic rings. The maximum Gasteiger partial charge on any atom is 0.239 e. The first-order valence-electron chi connectivity index (χ1n) is 4.57. The maximum absolute atomic E-state index is 10.8. The van der Waals surface area contributed by atoms with Gasteiger partial charge in [0.2, 0.25) is 5.89 Å². The van der Waals surface area contributed by atoms with E-state index in [2.05, 4.69) is 10.1 Å². The molecule has 78 valence electrons. The van der Waals surface area contributed by atoms with E-state index in [-0.39, 0.29) is 11.0 Å². The van der Waals surface area contributed by atoms with Crippen LogP contribution < -0.4 is 0 Å². The highest BCUT2D eigenvalue weighted by atomic mass is 32.2. The van der Waals surface area contributed by atoms with Crippen LogP contribution in [0.1, 0.15) is 37.7 Å². The van der Waals surface area contributed by atoms with E-state index in [1.165, 1.54) is 11.8 Å². The van der Waals surface area contributed by atoms with Crippen LogP contribution in [-0.2, 0) is 11.2 Å². The van der Waals surface area contributed by atoms with E-state index in [1.807, 2.05) is 13.8 Å². The lowest BCUT2D eigenvalue weighted by Crippen LogP contribution is -1.97. The molecule has 0 aromatic carbocycles. The van der Waals surface area contributed by atoms with Gasteiger partial charge in [0, 0.05) is 6.42 Å². The number of ketones is 1. The smallest absolute Gasteiger partial charge is 0.239 e. The fourth-order valence-electron chi connectivity index (χ4n) is 0.890. The fraction of sp³-hybridized carbons (Fsp3) is 0.667. The fourth-order valence-corrected chi connectivity index (χ4v) is 1.61. The van der Waals surface area contributed by atoms with Crippen LogP contribution in [0.25, 0.3) is 0 Å². The van der Waals surface area contributed by atoms with Gasteiger partial charge in [-0.15, -0.1) is 11.8 Å². The standard InChI is InChI=1S/C9H14N2O2S/c1-4-8-10-9(13-11-8)7(3)14-5-6(2)12/h7H,4-5H2,1-3H3/t7-/m0/s1. The van der Waals surface area contributed by atoms with E-state index in [4.69, 9.17) is 4.52 Å². The molecule has 0 radical (unpaired) electrons. The zero-order chi connectivity index (χ0) is 10.6. The summed E-state index contributed by atoms with van der Waals surface area (Å²) in [6, 6.07) is 0. The first-order valence-corrected chi connectivity index (χ1v) is 5.62. The molecule has 14 heavy (non-hydrogen) atoms. The third-order valence-corrected chi connectivity index (χ3v) is 2.96. The second-order valence-electron chi connectivity index (χ2n) is 3.06. The van der Waals surface area contributed by atoms with Gasteiger partial charge in [0.15, 0.2) is 5.82 Å². The van der Waals surface area contributed by atoms with Gasteiger partial charge < -0.3 is 4.52 Å². The highest BCUT2D eigenvalue weighted by molar-refractivity contribution is 8.00. The maximum atomic E-state index is 10.8. The Morgan fingerprint density at radius 1 is 1.64 bits per heavy atom. The molecule has 0 saturated carbocycles. The zero-order valence-electron chi connectivity index (χ0n) is 8.61. The van der Waals surface area contributed by atoms with Crippen molar-refractivity contribution in [2.24, 2.45) is 0 Å². The Balaban J connectivity index is 2.51. The minimum atomic E-state index is 0.0895. The summed E-state index contributed by atoms with van der Waals surface area (Å²) in [6.07, 6.45) is 0.771. The summed E-state index contributed by atoms with van der Waals surface area (Å²) in [6.45, 7) is 5.51. The molecule has 0 spiro atoms. The Hall–Kier alpha value is -0.840. The summed E-state index contributed by atoms with van der Waals surface area (Å²) >= 11 is 1.52. The van der Waals surface area contributed by atoms with E-state index in [0.29, 0.717) is 11.6 Å². The molecule has 4 nitrogen and oxygen atoms in total. The Morgan fingerprint density at radius 3 is 2.86 bits per heavy atom. The van der Waals surface area contributed by atoms with Gasteiger partial charge in [-0.25, -0.2) is 0 Å². The van der Waals surface area contributed by atoms with E-state index in [9.17, 15) is 4.79 Å². The van der Waals surface area contributed by atoms with Gasteiger partial charge in [0.25, 0.3) is 0 Å². The number of Topliss-reactive ketones (excluding diaryl/α,β-unsaturated/α-hetero) is 1. The van der Waals surface area contributed by atoms with Crippen LogP contribution in [0, 0.1) is 0 Å². The molecular weight excluding hydrogens is 200 g/mol. The molecule has 0 amide bonds. The van der Waals surface area contributed by atoms with Gasteiger partial charge in [-0.05, 0) is 13.8 Å². The SMILES string of the molecule is CCc1noc([C@H](C)SCC(C)=O)n1. The number of rotatable bonds is 5. The average molecular weight is 214 g/mol. The molecule has 1 aromatic heterocycles. The first-order chi connectivity index (χ1) is 6.63. The minimum Gasteiger partial charge on any atom is -0.338 e. The summed E-state index contributed by atoms with van der Waals surface area (Å²) in [5, 5.41) is 3.89. The van der Waals surface area contributed by atoms with Gasteiger partial charge >= 0.3 is 0 Å². The highest BCUT2D eigenvalue weighted by Gasteiger charge is 2.14. The van der Waals surface area contributed by atoms with Gasteiger partial charge in [0.05, 0.1) is 11.0 Å². The number of thioether (sulfide) groups is 1. The second kappa shape index (κ2) is 5.14. The van der Waals surface area contributed by atoms with Crippen LogP contribution in [0.5, 0.6) is 0 Å². The highest BCUT2D eigenvalue weighted by Crippen LogP contribution is 2.26. The van der Waals surface area contributed by atoms with Crippen molar-refractivity contribution in [1.82, 2.24) is 10.1 Å². The van der Waals surface area contributed by atoms with Crippen molar-refractivity contribution < 1.29 is 9.32 Å². The predicted molar refractivity (Wildman–Crippen MR) is 55.2 cm³/mol. The lowest BCUT2D eigenvalue weighted by molar-refractivity contribution is -0.114. The van der Waals surface area contributed by atoms with Gasteiger partial charge in [0.1, 0.15) is 5.78 Å². The molecule has 0 N–H and O–H groups in total. The predicted octanol–water partition coefficient (Wildman–Crippen LogP) is 2.02. The van der Waals surface area contributed by atoms with Crippen molar-refractivity contribution in [3.05, 3.63) is 11.7 Å². The van der Waals surface area contributed by atoms with Crippen LogP contribution in [0.3, 0.4) is 0 Å². The van der Waals surface area contributed by atoms with Crippen LogP contribution in [0.15, 0.2) is 4.52 Å². The molecule has 0 bridgehead atoms. The largest absolute Gasteiger partial charge is 0.338 e. The molecule has 1 atom stereocenters. The number of hydrogen-bond acceptors (Lipinski definition) is 5. The van der Waals surface area contributed by atoms with Crippen molar-refractivity contribution in [2.75, 3.05) is 5.75 Å². The molecule has 0 fully saturated rings. The van der Waals surface area contributed by atoms with Gasteiger partial charge in [-0.1, -0.05) is 12.1 Å². The third kappa shape index (κ3) is 3.14. The van der Waals surface area contributed by atoms with Crippen molar-refractivity contribution >= 4 is 17.5 Å². The van der Waals surface area contributed by atoms with Crippen molar-refractivity contribution in [3.8, 4) is 0 Å². The van der Waals surface area contributed by atoms with Crippen molar-refractivity contribution in [2.45, 2.75) is 32.4 Å². The Bertz CT molecular complexity index is 312. The molecular formula is C9H14N2O2S. The average Bonchev–Trinajstić information content (AvgIpc) is 2.62. The summed E-state index contributed by atoms with van der Waals surface area (Å²) in [4.78, 5) is 15.0. The summed E-state index contributed by atoms with van der Waals surface area (Å²) in [7, 11) is 0. The number of aryl methyl sites for hydroxylation is 1. The molecule has 0 saturated heterocycles. The van der Waals surface area contributed by atoms with Crippen LogP contribution in [0.2, 0.25) is 0 Å². The Kier molecular flexibility index (Phi) is 4.13. The normalized spacial score (nSPS) is 12.8.